The third-order valence-electron chi connectivity index (χ3n) is 3.24. The van der Waals surface area contributed by atoms with E-state index in [0.29, 0.717) is 11.7 Å². The molecule has 2 rings (SSSR count). The molecular formula is C15H18N2O6. The van der Waals surface area contributed by atoms with Crippen molar-refractivity contribution in [3.05, 3.63) is 28.7 Å². The number of imide groups is 1. The van der Waals surface area contributed by atoms with E-state index in [2.05, 4.69) is 0 Å². The standard InChI is InChI=1S/C15H18N2O6/c1-2-3-9-22-11-5-4-8-16(15(11)21)10-14(20)23-17-12(18)6-7-13(17)19/h4-5,8H,2-3,6-7,9-10H2,1H3. The van der Waals surface area contributed by atoms with E-state index in [1.807, 2.05) is 6.92 Å². The van der Waals surface area contributed by atoms with Gasteiger partial charge in [-0.25, -0.2) is 4.79 Å². The second-order valence-corrected chi connectivity index (χ2v) is 5.05. The predicted octanol–water partition coefficient (Wildman–Crippen LogP) is 0.634. The van der Waals surface area contributed by atoms with E-state index in [1.54, 1.807) is 6.07 Å². The maximum atomic E-state index is 12.1. The molecular weight excluding hydrogens is 304 g/mol. The van der Waals surface area contributed by atoms with Crippen molar-refractivity contribution in [1.29, 1.82) is 0 Å². The molecule has 0 unspecified atom stereocenters. The van der Waals surface area contributed by atoms with Gasteiger partial charge in [0.25, 0.3) is 17.4 Å². The van der Waals surface area contributed by atoms with Crippen molar-refractivity contribution >= 4 is 17.8 Å². The van der Waals surface area contributed by atoms with Crippen LogP contribution in [0.25, 0.3) is 0 Å². The normalized spacial score (nSPS) is 14.2. The van der Waals surface area contributed by atoms with Crippen LogP contribution in [0.4, 0.5) is 0 Å². The fourth-order valence-electron chi connectivity index (χ4n) is 2.00. The lowest BCUT2D eigenvalue weighted by molar-refractivity contribution is -0.198. The summed E-state index contributed by atoms with van der Waals surface area (Å²) in [6, 6.07) is 3.09. The van der Waals surface area contributed by atoms with E-state index < -0.39 is 29.9 Å². The van der Waals surface area contributed by atoms with Crippen LogP contribution in [0, 0.1) is 0 Å². The number of hydrogen-bond donors (Lipinski definition) is 0. The lowest BCUT2D eigenvalue weighted by Crippen LogP contribution is -2.35. The fourth-order valence-corrected chi connectivity index (χ4v) is 2.00. The summed E-state index contributed by atoms with van der Waals surface area (Å²) in [7, 11) is 0. The van der Waals surface area contributed by atoms with Gasteiger partial charge in [-0.05, 0) is 18.6 Å². The van der Waals surface area contributed by atoms with Gasteiger partial charge in [-0.15, -0.1) is 5.06 Å². The Labute approximate surface area is 132 Å². The Kier molecular flexibility index (Phi) is 5.51. The molecule has 2 amide bonds. The molecule has 1 aromatic heterocycles. The Morgan fingerprint density at radius 3 is 2.57 bits per heavy atom. The molecule has 1 aliphatic heterocycles. The summed E-state index contributed by atoms with van der Waals surface area (Å²) in [5, 5.41) is 0.453. The first-order valence-electron chi connectivity index (χ1n) is 7.41. The van der Waals surface area contributed by atoms with Gasteiger partial charge < -0.3 is 14.1 Å². The van der Waals surface area contributed by atoms with Crippen molar-refractivity contribution in [3.63, 3.8) is 0 Å². The van der Waals surface area contributed by atoms with E-state index in [9.17, 15) is 19.2 Å². The molecule has 1 aliphatic rings. The highest BCUT2D eigenvalue weighted by Gasteiger charge is 2.32. The lowest BCUT2D eigenvalue weighted by Gasteiger charge is -2.13. The Morgan fingerprint density at radius 2 is 1.91 bits per heavy atom. The average molecular weight is 322 g/mol. The van der Waals surface area contributed by atoms with Crippen LogP contribution in [0.2, 0.25) is 0 Å². The van der Waals surface area contributed by atoms with Crippen LogP contribution in [-0.2, 0) is 25.8 Å². The smallest absolute Gasteiger partial charge is 0.352 e. The zero-order valence-electron chi connectivity index (χ0n) is 12.8. The molecule has 2 heterocycles. The van der Waals surface area contributed by atoms with Gasteiger partial charge in [-0.1, -0.05) is 13.3 Å². The first kappa shape index (κ1) is 16.7. The van der Waals surface area contributed by atoms with Crippen LogP contribution in [0.15, 0.2) is 23.1 Å². The van der Waals surface area contributed by atoms with Gasteiger partial charge in [0.05, 0.1) is 6.61 Å². The molecule has 0 aliphatic carbocycles. The summed E-state index contributed by atoms with van der Waals surface area (Å²) >= 11 is 0. The number of hydrogen-bond acceptors (Lipinski definition) is 6. The molecule has 0 radical (unpaired) electrons. The summed E-state index contributed by atoms with van der Waals surface area (Å²) in [4.78, 5) is 51.4. The van der Waals surface area contributed by atoms with Gasteiger partial charge in [0, 0.05) is 19.0 Å². The molecule has 1 aromatic rings. The number of unbranched alkanes of at least 4 members (excludes halogenated alkanes) is 1. The van der Waals surface area contributed by atoms with Crippen molar-refractivity contribution in [2.75, 3.05) is 6.61 Å². The zero-order valence-corrected chi connectivity index (χ0v) is 12.8. The fraction of sp³-hybridized carbons (Fsp3) is 0.467. The number of ether oxygens (including phenoxy) is 1. The second-order valence-electron chi connectivity index (χ2n) is 5.05. The number of carbonyl (C=O) groups excluding carboxylic acids is 3. The maximum Gasteiger partial charge on any atom is 0.352 e. The first-order chi connectivity index (χ1) is 11.0. The summed E-state index contributed by atoms with van der Waals surface area (Å²) in [5.74, 6) is -1.86. The predicted molar refractivity (Wildman–Crippen MR) is 78.3 cm³/mol. The van der Waals surface area contributed by atoms with Gasteiger partial charge in [-0.3, -0.25) is 14.4 Å². The van der Waals surface area contributed by atoms with E-state index in [0.717, 1.165) is 17.4 Å². The summed E-state index contributed by atoms with van der Waals surface area (Å²) in [6.07, 6.45) is 3.20. The summed E-state index contributed by atoms with van der Waals surface area (Å²) < 4.78 is 6.47. The third-order valence-corrected chi connectivity index (χ3v) is 3.24. The molecule has 23 heavy (non-hydrogen) atoms. The van der Waals surface area contributed by atoms with Crippen molar-refractivity contribution < 1.29 is 24.0 Å². The Hall–Kier alpha value is -2.64. The topological polar surface area (TPSA) is 94.9 Å². The number of carbonyl (C=O) groups is 3. The largest absolute Gasteiger partial charge is 0.488 e. The average Bonchev–Trinajstić information content (AvgIpc) is 2.83. The third kappa shape index (κ3) is 4.18. The van der Waals surface area contributed by atoms with Gasteiger partial charge in [0.15, 0.2) is 5.75 Å². The molecule has 1 fully saturated rings. The number of aromatic nitrogens is 1. The van der Waals surface area contributed by atoms with Crippen LogP contribution in [0.1, 0.15) is 32.6 Å². The highest BCUT2D eigenvalue weighted by molar-refractivity contribution is 6.01. The molecule has 8 heteroatoms. The summed E-state index contributed by atoms with van der Waals surface area (Å²) in [6.45, 7) is 2.00. The molecule has 0 atom stereocenters. The minimum atomic E-state index is -0.874. The maximum absolute atomic E-state index is 12.1. The summed E-state index contributed by atoms with van der Waals surface area (Å²) in [5.41, 5.74) is -0.473. The second kappa shape index (κ2) is 7.57. The van der Waals surface area contributed by atoms with E-state index in [4.69, 9.17) is 9.57 Å². The van der Waals surface area contributed by atoms with Gasteiger partial charge in [-0.2, -0.15) is 0 Å². The zero-order chi connectivity index (χ0) is 16.8. The van der Waals surface area contributed by atoms with Crippen molar-refractivity contribution in [2.24, 2.45) is 0 Å². The van der Waals surface area contributed by atoms with Crippen LogP contribution in [-0.4, -0.2) is 34.0 Å². The highest BCUT2D eigenvalue weighted by Crippen LogP contribution is 2.12. The first-order valence-corrected chi connectivity index (χ1v) is 7.41. The molecule has 0 saturated carbocycles. The van der Waals surface area contributed by atoms with Gasteiger partial charge in [0.1, 0.15) is 6.54 Å². The monoisotopic (exact) mass is 322 g/mol. The van der Waals surface area contributed by atoms with Crippen molar-refractivity contribution in [1.82, 2.24) is 9.63 Å². The Morgan fingerprint density at radius 1 is 1.22 bits per heavy atom. The van der Waals surface area contributed by atoms with Crippen LogP contribution < -0.4 is 10.3 Å². The quantitative estimate of drug-likeness (QED) is 0.540. The minimum Gasteiger partial charge on any atom is -0.488 e. The molecule has 0 spiro atoms. The molecule has 1 saturated heterocycles. The van der Waals surface area contributed by atoms with E-state index in [1.165, 1.54) is 12.3 Å². The molecule has 0 N–H and O–H groups in total. The van der Waals surface area contributed by atoms with E-state index >= 15 is 0 Å². The molecule has 0 aromatic carbocycles. The highest BCUT2D eigenvalue weighted by atomic mass is 16.7. The van der Waals surface area contributed by atoms with Crippen LogP contribution in [0.5, 0.6) is 5.75 Å². The molecule has 0 bridgehead atoms. The number of pyridine rings is 1. The number of hydroxylamine groups is 2. The Balaban J connectivity index is 2.00. The SMILES string of the molecule is CCCCOc1cccn(CC(=O)ON2C(=O)CCC2=O)c1=O. The van der Waals surface area contributed by atoms with Gasteiger partial charge >= 0.3 is 5.97 Å². The Bertz CT molecular complexity index is 650. The molecule has 8 nitrogen and oxygen atoms in total. The van der Waals surface area contributed by atoms with Crippen LogP contribution in [0.3, 0.4) is 0 Å². The van der Waals surface area contributed by atoms with Crippen molar-refractivity contribution in [2.45, 2.75) is 39.2 Å². The number of nitrogens with zero attached hydrogens (tertiary/aromatic N) is 2. The van der Waals surface area contributed by atoms with Gasteiger partial charge in [0.2, 0.25) is 0 Å². The number of rotatable bonds is 7. The lowest BCUT2D eigenvalue weighted by atomic mass is 10.3. The molecule has 124 valence electrons. The minimum absolute atomic E-state index is 0.0207. The van der Waals surface area contributed by atoms with E-state index in [-0.39, 0.29) is 18.6 Å². The number of amides is 2. The van der Waals surface area contributed by atoms with Crippen LogP contribution >= 0.6 is 0 Å². The van der Waals surface area contributed by atoms with Crippen molar-refractivity contribution in [3.8, 4) is 5.75 Å².